The summed E-state index contributed by atoms with van der Waals surface area (Å²) in [5.74, 6) is 0.467. The van der Waals surface area contributed by atoms with Crippen LogP contribution in [0.4, 0.5) is 0 Å². The highest BCUT2D eigenvalue weighted by Crippen LogP contribution is 2.29. The van der Waals surface area contributed by atoms with E-state index in [-0.39, 0.29) is 24.4 Å². The standard InChI is InChI=1S/C17H27N5O2/c1-12-19-13(7-8-17(24)21(2)3)10-14(20-12)15-6-4-5-9-22(15)11-16(18)23/h10,15H,4-9,11H2,1-3H3,(H2,18,23)/t15-/m1/s1. The molecule has 1 fully saturated rings. The number of nitrogens with two attached hydrogens (primary N) is 1. The second-order valence-electron chi connectivity index (χ2n) is 6.57. The Labute approximate surface area is 143 Å². The number of aromatic nitrogens is 2. The zero-order valence-corrected chi connectivity index (χ0v) is 14.8. The van der Waals surface area contributed by atoms with E-state index in [1.807, 2.05) is 13.0 Å². The number of rotatable bonds is 6. The SMILES string of the molecule is Cc1nc(CCC(=O)N(C)C)cc([C@H]2CCCCN2CC(N)=O)n1. The molecule has 1 saturated heterocycles. The normalized spacial score (nSPS) is 18.4. The molecule has 132 valence electrons. The van der Waals surface area contributed by atoms with E-state index < -0.39 is 0 Å². The van der Waals surface area contributed by atoms with E-state index >= 15 is 0 Å². The minimum absolute atomic E-state index is 0.0841. The molecule has 7 nitrogen and oxygen atoms in total. The first-order valence-corrected chi connectivity index (χ1v) is 8.43. The fourth-order valence-electron chi connectivity index (χ4n) is 3.13. The van der Waals surface area contributed by atoms with Crippen LogP contribution in [-0.4, -0.2) is 58.8 Å². The van der Waals surface area contributed by atoms with Gasteiger partial charge in [-0.15, -0.1) is 0 Å². The molecule has 7 heteroatoms. The number of likely N-dealkylation sites (tertiary alicyclic amines) is 1. The molecule has 0 bridgehead atoms. The smallest absolute Gasteiger partial charge is 0.231 e. The fraction of sp³-hybridized carbons (Fsp3) is 0.647. The number of aryl methyl sites for hydroxylation is 2. The molecule has 0 radical (unpaired) electrons. The van der Waals surface area contributed by atoms with Crippen LogP contribution < -0.4 is 5.73 Å². The zero-order chi connectivity index (χ0) is 17.7. The van der Waals surface area contributed by atoms with E-state index in [1.54, 1.807) is 19.0 Å². The molecule has 1 aliphatic heterocycles. The van der Waals surface area contributed by atoms with Crippen molar-refractivity contribution in [1.82, 2.24) is 19.8 Å². The monoisotopic (exact) mass is 333 g/mol. The molecule has 1 aromatic rings. The van der Waals surface area contributed by atoms with Crippen LogP contribution >= 0.6 is 0 Å². The van der Waals surface area contributed by atoms with E-state index in [0.717, 1.165) is 37.2 Å². The Balaban J connectivity index is 2.16. The average Bonchev–Trinajstić information content (AvgIpc) is 2.52. The number of nitrogens with zero attached hydrogens (tertiary/aromatic N) is 4. The van der Waals surface area contributed by atoms with Crippen molar-refractivity contribution in [1.29, 1.82) is 0 Å². The highest BCUT2D eigenvalue weighted by Gasteiger charge is 2.26. The van der Waals surface area contributed by atoms with Crippen LogP contribution in [0.15, 0.2) is 6.07 Å². The van der Waals surface area contributed by atoms with Crippen LogP contribution in [0.3, 0.4) is 0 Å². The van der Waals surface area contributed by atoms with Crippen molar-refractivity contribution in [3.63, 3.8) is 0 Å². The summed E-state index contributed by atoms with van der Waals surface area (Å²) in [4.78, 5) is 35.8. The summed E-state index contributed by atoms with van der Waals surface area (Å²) >= 11 is 0. The van der Waals surface area contributed by atoms with Crippen molar-refractivity contribution in [3.05, 3.63) is 23.3 Å². The lowest BCUT2D eigenvalue weighted by molar-refractivity contribution is -0.128. The van der Waals surface area contributed by atoms with E-state index in [4.69, 9.17) is 5.73 Å². The molecular weight excluding hydrogens is 306 g/mol. The Morgan fingerprint density at radius 3 is 2.75 bits per heavy atom. The first kappa shape index (κ1) is 18.3. The summed E-state index contributed by atoms with van der Waals surface area (Å²) in [5.41, 5.74) is 7.18. The summed E-state index contributed by atoms with van der Waals surface area (Å²) < 4.78 is 0. The van der Waals surface area contributed by atoms with Gasteiger partial charge in [0, 0.05) is 26.2 Å². The van der Waals surface area contributed by atoms with Crippen molar-refractivity contribution in [3.8, 4) is 0 Å². The Morgan fingerprint density at radius 2 is 2.08 bits per heavy atom. The lowest BCUT2D eigenvalue weighted by atomic mass is 9.98. The van der Waals surface area contributed by atoms with Gasteiger partial charge in [0.25, 0.3) is 0 Å². The van der Waals surface area contributed by atoms with Gasteiger partial charge in [-0.3, -0.25) is 14.5 Å². The third-order valence-corrected chi connectivity index (χ3v) is 4.32. The maximum absolute atomic E-state index is 11.8. The molecule has 2 heterocycles. The highest BCUT2D eigenvalue weighted by molar-refractivity contribution is 5.76. The zero-order valence-electron chi connectivity index (χ0n) is 14.8. The molecule has 0 aliphatic carbocycles. The topological polar surface area (TPSA) is 92.4 Å². The number of carbonyl (C=O) groups is 2. The Hall–Kier alpha value is -2.02. The van der Waals surface area contributed by atoms with Crippen LogP contribution in [0.25, 0.3) is 0 Å². The van der Waals surface area contributed by atoms with Crippen molar-refractivity contribution in [2.75, 3.05) is 27.2 Å². The van der Waals surface area contributed by atoms with Gasteiger partial charge in [0.15, 0.2) is 0 Å². The summed E-state index contributed by atoms with van der Waals surface area (Å²) in [7, 11) is 3.51. The first-order chi connectivity index (χ1) is 11.4. The Morgan fingerprint density at radius 1 is 1.33 bits per heavy atom. The molecule has 0 saturated carbocycles. The van der Waals surface area contributed by atoms with Gasteiger partial charge in [0.2, 0.25) is 11.8 Å². The van der Waals surface area contributed by atoms with Gasteiger partial charge in [0.1, 0.15) is 5.82 Å². The van der Waals surface area contributed by atoms with Crippen LogP contribution in [0, 0.1) is 6.92 Å². The van der Waals surface area contributed by atoms with Crippen LogP contribution in [0.5, 0.6) is 0 Å². The van der Waals surface area contributed by atoms with Crippen molar-refractivity contribution in [2.24, 2.45) is 5.73 Å². The average molecular weight is 333 g/mol. The Kier molecular flexibility index (Phi) is 6.25. The van der Waals surface area contributed by atoms with E-state index in [1.165, 1.54) is 0 Å². The van der Waals surface area contributed by atoms with Gasteiger partial charge < -0.3 is 10.6 Å². The van der Waals surface area contributed by atoms with E-state index in [2.05, 4.69) is 14.9 Å². The third-order valence-electron chi connectivity index (χ3n) is 4.32. The number of hydrogen-bond acceptors (Lipinski definition) is 5. The molecule has 0 unspecified atom stereocenters. The molecule has 2 rings (SSSR count). The maximum Gasteiger partial charge on any atom is 0.231 e. The predicted molar refractivity (Wildman–Crippen MR) is 91.1 cm³/mol. The van der Waals surface area contributed by atoms with E-state index in [0.29, 0.717) is 18.7 Å². The minimum Gasteiger partial charge on any atom is -0.369 e. The van der Waals surface area contributed by atoms with Crippen molar-refractivity contribution >= 4 is 11.8 Å². The van der Waals surface area contributed by atoms with Crippen molar-refractivity contribution < 1.29 is 9.59 Å². The van der Waals surface area contributed by atoms with Gasteiger partial charge in [-0.1, -0.05) is 6.42 Å². The molecule has 0 spiro atoms. The molecule has 1 aliphatic rings. The number of hydrogen-bond donors (Lipinski definition) is 1. The molecule has 1 atom stereocenters. The lowest BCUT2D eigenvalue weighted by Gasteiger charge is -2.34. The maximum atomic E-state index is 11.8. The molecule has 24 heavy (non-hydrogen) atoms. The second-order valence-corrected chi connectivity index (χ2v) is 6.57. The second kappa shape index (κ2) is 8.19. The van der Waals surface area contributed by atoms with Gasteiger partial charge in [0.05, 0.1) is 18.3 Å². The molecule has 2 N–H and O–H groups in total. The van der Waals surface area contributed by atoms with E-state index in [9.17, 15) is 9.59 Å². The van der Waals surface area contributed by atoms with Crippen LogP contribution in [-0.2, 0) is 16.0 Å². The van der Waals surface area contributed by atoms with Gasteiger partial charge >= 0.3 is 0 Å². The van der Waals surface area contributed by atoms with Gasteiger partial charge in [-0.05, 0) is 38.8 Å². The molecule has 0 aromatic carbocycles. The quantitative estimate of drug-likeness (QED) is 0.832. The fourth-order valence-corrected chi connectivity index (χ4v) is 3.13. The highest BCUT2D eigenvalue weighted by atomic mass is 16.2. The van der Waals surface area contributed by atoms with Crippen LogP contribution in [0.1, 0.15) is 48.9 Å². The van der Waals surface area contributed by atoms with Crippen molar-refractivity contribution in [2.45, 2.75) is 45.1 Å². The van der Waals surface area contributed by atoms with Gasteiger partial charge in [-0.25, -0.2) is 9.97 Å². The first-order valence-electron chi connectivity index (χ1n) is 8.43. The third kappa shape index (κ3) is 4.99. The number of piperidine rings is 1. The summed E-state index contributed by atoms with van der Waals surface area (Å²) in [5, 5.41) is 0. The van der Waals surface area contributed by atoms with Crippen LogP contribution in [0.2, 0.25) is 0 Å². The number of carbonyl (C=O) groups excluding carboxylic acids is 2. The molecule has 1 aromatic heterocycles. The number of primary amides is 1. The summed E-state index contributed by atoms with van der Waals surface area (Å²) in [6, 6.07) is 2.07. The largest absolute Gasteiger partial charge is 0.369 e. The lowest BCUT2D eigenvalue weighted by Crippen LogP contribution is -2.40. The molecular formula is C17H27N5O2. The number of amides is 2. The van der Waals surface area contributed by atoms with Gasteiger partial charge in [-0.2, -0.15) is 0 Å². The molecule has 2 amide bonds. The Bertz CT molecular complexity index is 603. The summed E-state index contributed by atoms with van der Waals surface area (Å²) in [6.07, 6.45) is 4.16. The summed E-state index contributed by atoms with van der Waals surface area (Å²) in [6.45, 7) is 2.97. The predicted octanol–water partition coefficient (Wildman–Crippen LogP) is 0.818. The minimum atomic E-state index is -0.315.